The van der Waals surface area contributed by atoms with Crippen molar-refractivity contribution in [1.82, 2.24) is 0 Å². The molecule has 17 heavy (non-hydrogen) atoms. The molecule has 4 atom stereocenters. The van der Waals surface area contributed by atoms with Crippen molar-refractivity contribution in [2.45, 2.75) is 24.4 Å². The summed E-state index contributed by atoms with van der Waals surface area (Å²) in [6, 6.07) is -1.99. The molecule has 0 amide bonds. The fourth-order valence-electron chi connectivity index (χ4n) is 0.866. The molecule has 0 rings (SSSR count). The van der Waals surface area contributed by atoms with Crippen LogP contribution in [0.15, 0.2) is 0 Å². The van der Waals surface area contributed by atoms with E-state index >= 15 is 0 Å². The molecule has 0 radical (unpaired) electrons. The molecular weight excluding hydrogens is 261 g/mol. The number of phosphoric ester groups is 1. The zero-order valence-electron chi connectivity index (χ0n) is 8.45. The minimum absolute atomic E-state index is 0.904. The van der Waals surface area contributed by atoms with E-state index in [1.165, 1.54) is 0 Å². The Morgan fingerprint density at radius 3 is 2.06 bits per heavy atom. The molecule has 0 aliphatic carbocycles. The van der Waals surface area contributed by atoms with Crippen molar-refractivity contribution in [2.75, 3.05) is 6.61 Å². The smallest absolute Gasteiger partial charge is 0.394 e. The lowest BCUT2D eigenvalue weighted by molar-refractivity contribution is -0.145. The van der Waals surface area contributed by atoms with Gasteiger partial charge in [0.05, 0.1) is 6.61 Å². The normalized spacial score (nSPS) is 19.2. The van der Waals surface area contributed by atoms with Crippen LogP contribution in [0, 0.1) is 0 Å². The van der Waals surface area contributed by atoms with E-state index in [0.717, 1.165) is 0 Å². The first-order valence-electron chi connectivity index (χ1n) is 4.29. The highest BCUT2D eigenvalue weighted by Gasteiger charge is 2.36. The molecule has 0 aromatic carbocycles. The topological polar surface area (TPSA) is 191 Å². The first-order valence-corrected chi connectivity index (χ1v) is 5.82. The molecule has 0 aliphatic rings. The largest absolute Gasteiger partial charge is 0.527 e. The van der Waals surface area contributed by atoms with Crippen LogP contribution in [0.4, 0.5) is 0 Å². The van der Waals surface area contributed by atoms with Crippen LogP contribution in [0.3, 0.4) is 0 Å². The Balaban J connectivity index is 4.54. The molecule has 0 heterocycles. The van der Waals surface area contributed by atoms with Crippen LogP contribution in [0.25, 0.3) is 0 Å². The lowest BCUT2D eigenvalue weighted by Gasteiger charge is -2.25. The van der Waals surface area contributed by atoms with E-state index in [0.29, 0.717) is 0 Å². The third-order valence-corrected chi connectivity index (χ3v) is 2.20. The summed E-state index contributed by atoms with van der Waals surface area (Å²) in [7, 11) is -5.11. The highest BCUT2D eigenvalue weighted by atomic mass is 31.2. The van der Waals surface area contributed by atoms with Crippen LogP contribution in [-0.2, 0) is 13.9 Å². The minimum Gasteiger partial charge on any atom is -0.394 e. The van der Waals surface area contributed by atoms with Crippen molar-refractivity contribution in [2.24, 2.45) is 5.73 Å². The summed E-state index contributed by atoms with van der Waals surface area (Å²) in [5, 5.41) is 35.8. The number of hydrogen-bond donors (Lipinski definition) is 7. The van der Waals surface area contributed by atoms with Crippen LogP contribution < -0.4 is 5.73 Å². The number of phosphoric acid groups is 1. The van der Waals surface area contributed by atoms with Crippen molar-refractivity contribution in [3.8, 4) is 0 Å². The number of carbonyl (C=O) groups excluding carboxylic acids is 1. The van der Waals surface area contributed by atoms with Gasteiger partial charge >= 0.3 is 13.8 Å². The highest BCUT2D eigenvalue weighted by molar-refractivity contribution is 7.46. The Labute approximate surface area is 95.5 Å². The summed E-state index contributed by atoms with van der Waals surface area (Å²) < 4.78 is 13.9. The molecule has 0 aliphatic heterocycles. The van der Waals surface area contributed by atoms with E-state index in [2.05, 4.69) is 4.52 Å². The summed E-state index contributed by atoms with van der Waals surface area (Å²) in [4.78, 5) is 27.5. The molecule has 8 N–H and O–H groups in total. The molecular formula is C6H14NO9P. The van der Waals surface area contributed by atoms with E-state index in [-0.39, 0.29) is 0 Å². The molecule has 10 nitrogen and oxygen atoms in total. The van der Waals surface area contributed by atoms with Gasteiger partial charge in [0.25, 0.3) is 0 Å². The maximum Gasteiger partial charge on any atom is 0.527 e. The molecule has 0 bridgehead atoms. The minimum atomic E-state index is -5.11. The standard InChI is InChI=1S/C6H14NO9P/c7-3(6(12)16-17(13,14)15)5(11)4(10)2(9)1-8/h2-5,8-11H,1,7H2,(H2,13,14,15)/t2-,3-,4-,5-/m1/s1. The Hall–Kier alpha value is -0.580. The monoisotopic (exact) mass is 275 g/mol. The molecule has 0 saturated carbocycles. The van der Waals surface area contributed by atoms with E-state index < -0.39 is 44.8 Å². The summed E-state index contributed by atoms with van der Waals surface area (Å²) in [6.45, 7) is -0.904. The van der Waals surface area contributed by atoms with Gasteiger partial charge in [0.2, 0.25) is 0 Å². The number of aliphatic hydroxyl groups excluding tert-OH is 4. The van der Waals surface area contributed by atoms with Gasteiger partial charge in [0.1, 0.15) is 24.4 Å². The fourth-order valence-corrected chi connectivity index (χ4v) is 1.22. The van der Waals surface area contributed by atoms with E-state index in [1.807, 2.05) is 0 Å². The van der Waals surface area contributed by atoms with Crippen LogP contribution in [-0.4, -0.2) is 67.1 Å². The van der Waals surface area contributed by atoms with E-state index in [9.17, 15) is 14.5 Å². The molecule has 0 aromatic heterocycles. The van der Waals surface area contributed by atoms with Crippen molar-refractivity contribution < 1.29 is 44.1 Å². The predicted octanol–water partition coefficient (Wildman–Crippen LogP) is -3.98. The first kappa shape index (κ1) is 16.4. The summed E-state index contributed by atoms with van der Waals surface area (Å²) in [6.07, 6.45) is -5.80. The summed E-state index contributed by atoms with van der Waals surface area (Å²) >= 11 is 0. The molecule has 0 spiro atoms. The number of nitrogens with two attached hydrogens (primary N) is 1. The van der Waals surface area contributed by atoms with Gasteiger partial charge in [-0.05, 0) is 0 Å². The Morgan fingerprint density at radius 2 is 1.71 bits per heavy atom. The van der Waals surface area contributed by atoms with Crippen molar-refractivity contribution in [1.29, 1.82) is 0 Å². The molecule has 0 fully saturated rings. The lowest BCUT2D eigenvalue weighted by atomic mass is 10.0. The van der Waals surface area contributed by atoms with Gasteiger partial charge in [-0.25, -0.2) is 9.36 Å². The van der Waals surface area contributed by atoms with Crippen molar-refractivity contribution in [3.05, 3.63) is 0 Å². The van der Waals surface area contributed by atoms with Crippen molar-refractivity contribution in [3.63, 3.8) is 0 Å². The van der Waals surface area contributed by atoms with Gasteiger partial charge in [-0.15, -0.1) is 0 Å². The third kappa shape index (κ3) is 5.52. The second kappa shape index (κ2) is 6.38. The highest BCUT2D eigenvalue weighted by Crippen LogP contribution is 2.36. The van der Waals surface area contributed by atoms with Gasteiger partial charge < -0.3 is 30.7 Å². The first-order chi connectivity index (χ1) is 7.60. The Bertz CT molecular complexity index is 304. The quantitative estimate of drug-likeness (QED) is 0.235. The Kier molecular flexibility index (Phi) is 6.16. The zero-order valence-corrected chi connectivity index (χ0v) is 9.34. The molecule has 0 aromatic rings. The summed E-state index contributed by atoms with van der Waals surface area (Å²) in [5.41, 5.74) is 5.04. The molecule has 11 heteroatoms. The summed E-state index contributed by atoms with van der Waals surface area (Å²) in [5.74, 6) is -1.66. The van der Waals surface area contributed by atoms with Crippen LogP contribution in [0.1, 0.15) is 0 Å². The number of hydrogen-bond acceptors (Lipinski definition) is 8. The van der Waals surface area contributed by atoms with Crippen LogP contribution in [0.5, 0.6) is 0 Å². The fraction of sp³-hybridized carbons (Fsp3) is 0.833. The SMILES string of the molecule is N[C@@H](C(=O)OP(=O)(O)O)[C@@H](O)[C@H](O)[C@H](O)CO. The number of carbonyl (C=O) groups is 1. The van der Waals surface area contributed by atoms with E-state index in [4.69, 9.17) is 30.8 Å². The number of aliphatic hydroxyl groups is 4. The molecule has 0 saturated heterocycles. The zero-order chi connectivity index (χ0) is 13.8. The van der Waals surface area contributed by atoms with Gasteiger partial charge in [0.15, 0.2) is 0 Å². The Morgan fingerprint density at radius 1 is 1.24 bits per heavy atom. The molecule has 0 unspecified atom stereocenters. The third-order valence-electron chi connectivity index (χ3n) is 1.78. The lowest BCUT2D eigenvalue weighted by Crippen LogP contribution is -2.53. The van der Waals surface area contributed by atoms with Gasteiger partial charge in [-0.3, -0.25) is 9.79 Å². The maximum absolute atomic E-state index is 11.0. The van der Waals surface area contributed by atoms with Crippen LogP contribution >= 0.6 is 7.82 Å². The van der Waals surface area contributed by atoms with Crippen molar-refractivity contribution >= 4 is 13.8 Å². The van der Waals surface area contributed by atoms with Gasteiger partial charge in [-0.1, -0.05) is 0 Å². The van der Waals surface area contributed by atoms with Gasteiger partial charge in [0, 0.05) is 0 Å². The van der Waals surface area contributed by atoms with Crippen LogP contribution in [0.2, 0.25) is 0 Å². The van der Waals surface area contributed by atoms with E-state index in [1.54, 1.807) is 0 Å². The second-order valence-corrected chi connectivity index (χ2v) is 4.32. The maximum atomic E-state index is 11.0. The average molecular weight is 275 g/mol. The average Bonchev–Trinajstić information content (AvgIpc) is 2.22. The molecule has 102 valence electrons. The predicted molar refractivity (Wildman–Crippen MR) is 51.2 cm³/mol. The van der Waals surface area contributed by atoms with Gasteiger partial charge in [-0.2, -0.15) is 0 Å². The second-order valence-electron chi connectivity index (χ2n) is 3.16. The number of rotatable bonds is 6.